The highest BCUT2D eigenvalue weighted by Gasteiger charge is 2.07. The van der Waals surface area contributed by atoms with Gasteiger partial charge in [0.05, 0.1) is 0 Å². The number of unbranched alkanes of at least 4 members (excludes halogenated alkanes) is 1. The van der Waals surface area contributed by atoms with Gasteiger partial charge in [-0.05, 0) is 48.9 Å². The number of nitrogens with zero attached hydrogens (tertiary/aromatic N) is 2. The second-order valence-corrected chi connectivity index (χ2v) is 6.77. The summed E-state index contributed by atoms with van der Waals surface area (Å²) in [5.74, 6) is 0. The fraction of sp³-hybridized carbons (Fsp3) is 0.273. The summed E-state index contributed by atoms with van der Waals surface area (Å²) >= 11 is 0. The Morgan fingerprint density at radius 3 is 1.50 bits per heavy atom. The van der Waals surface area contributed by atoms with Crippen LogP contribution >= 0.6 is 0 Å². The van der Waals surface area contributed by atoms with E-state index in [9.17, 15) is 0 Å². The molecule has 0 atom stereocenters. The number of hydrogen-bond donors (Lipinski definition) is 0. The molecule has 0 saturated heterocycles. The molecule has 0 unspecified atom stereocenters. The zero-order chi connectivity index (χ0) is 16.5. The van der Waals surface area contributed by atoms with Crippen LogP contribution in [0.1, 0.15) is 24.0 Å². The maximum absolute atomic E-state index is 2.29. The number of fused-ring (bicyclic) bond motifs is 2. The molecule has 4 rings (SSSR count). The summed E-state index contributed by atoms with van der Waals surface area (Å²) < 4.78 is 4.49. The van der Waals surface area contributed by atoms with Crippen LogP contribution in [0.25, 0.3) is 21.8 Å². The van der Waals surface area contributed by atoms with E-state index in [2.05, 4.69) is 84.2 Å². The van der Waals surface area contributed by atoms with Crippen molar-refractivity contribution >= 4 is 21.8 Å². The van der Waals surface area contributed by atoms with Crippen molar-refractivity contribution < 1.29 is 0 Å². The standard InChI is InChI=1S/C22H24N2/c1-23-15-17(19-11-5-7-13-21(19)23)9-3-4-10-18-16-24(2)22-14-8-6-12-20(18)22/h5-8,11-16H,3-4,9-10H2,1-2H3. The fourth-order valence-corrected chi connectivity index (χ4v) is 3.88. The van der Waals surface area contributed by atoms with Gasteiger partial charge < -0.3 is 9.13 Å². The average Bonchev–Trinajstić information content (AvgIpc) is 3.10. The molecule has 24 heavy (non-hydrogen) atoms. The van der Waals surface area contributed by atoms with Gasteiger partial charge in [-0.25, -0.2) is 0 Å². The van der Waals surface area contributed by atoms with Crippen LogP contribution in [-0.4, -0.2) is 9.13 Å². The molecule has 0 aliphatic carbocycles. The number of para-hydroxylation sites is 2. The minimum Gasteiger partial charge on any atom is -0.350 e. The molecule has 0 amide bonds. The topological polar surface area (TPSA) is 9.86 Å². The Morgan fingerprint density at radius 1 is 0.625 bits per heavy atom. The molecule has 4 aromatic rings. The van der Waals surface area contributed by atoms with Gasteiger partial charge in [0.15, 0.2) is 0 Å². The molecule has 0 saturated carbocycles. The van der Waals surface area contributed by atoms with Crippen LogP contribution in [0.4, 0.5) is 0 Å². The number of hydrogen-bond acceptors (Lipinski definition) is 0. The Hall–Kier alpha value is -2.48. The van der Waals surface area contributed by atoms with Gasteiger partial charge in [0.1, 0.15) is 0 Å². The normalized spacial score (nSPS) is 11.6. The highest BCUT2D eigenvalue weighted by Crippen LogP contribution is 2.24. The molecule has 0 N–H and O–H groups in total. The summed E-state index contributed by atoms with van der Waals surface area (Å²) in [5.41, 5.74) is 5.63. The van der Waals surface area contributed by atoms with Crippen LogP contribution in [-0.2, 0) is 26.9 Å². The smallest absolute Gasteiger partial charge is 0.0480 e. The molecule has 0 aliphatic heterocycles. The third-order valence-corrected chi connectivity index (χ3v) is 5.10. The summed E-state index contributed by atoms with van der Waals surface area (Å²) in [6.45, 7) is 0. The molecule has 122 valence electrons. The van der Waals surface area contributed by atoms with E-state index < -0.39 is 0 Å². The van der Waals surface area contributed by atoms with Crippen LogP contribution in [0.5, 0.6) is 0 Å². The first-order valence-corrected chi connectivity index (χ1v) is 8.80. The number of rotatable bonds is 5. The van der Waals surface area contributed by atoms with Crippen LogP contribution < -0.4 is 0 Å². The Balaban J connectivity index is 1.44. The van der Waals surface area contributed by atoms with Gasteiger partial charge >= 0.3 is 0 Å². The van der Waals surface area contributed by atoms with Gasteiger partial charge in [-0.15, -0.1) is 0 Å². The van der Waals surface area contributed by atoms with E-state index in [1.807, 2.05) is 0 Å². The lowest BCUT2D eigenvalue weighted by Gasteiger charge is -2.01. The Bertz CT molecular complexity index is 906. The molecular weight excluding hydrogens is 292 g/mol. The molecule has 0 fully saturated rings. The van der Waals surface area contributed by atoms with Gasteiger partial charge in [0, 0.05) is 48.3 Å². The Labute approximate surface area is 143 Å². The molecule has 0 radical (unpaired) electrons. The maximum Gasteiger partial charge on any atom is 0.0480 e. The molecule has 0 aliphatic rings. The van der Waals surface area contributed by atoms with E-state index in [0.29, 0.717) is 0 Å². The van der Waals surface area contributed by atoms with Crippen molar-refractivity contribution in [2.24, 2.45) is 14.1 Å². The van der Waals surface area contributed by atoms with Crippen molar-refractivity contribution in [3.05, 3.63) is 72.1 Å². The number of aromatic nitrogens is 2. The highest BCUT2D eigenvalue weighted by molar-refractivity contribution is 5.84. The second-order valence-electron chi connectivity index (χ2n) is 6.77. The predicted octanol–water partition coefficient (Wildman–Crippen LogP) is 5.24. The largest absolute Gasteiger partial charge is 0.350 e. The zero-order valence-electron chi connectivity index (χ0n) is 14.5. The summed E-state index contributed by atoms with van der Waals surface area (Å²) in [6, 6.07) is 17.4. The van der Waals surface area contributed by atoms with Crippen LogP contribution in [0.15, 0.2) is 60.9 Å². The maximum atomic E-state index is 2.29. The molecular formula is C22H24N2. The third-order valence-electron chi connectivity index (χ3n) is 5.10. The predicted molar refractivity (Wildman–Crippen MR) is 102 cm³/mol. The lowest BCUT2D eigenvalue weighted by molar-refractivity contribution is 0.735. The number of benzene rings is 2. The summed E-state index contributed by atoms with van der Waals surface area (Å²) in [4.78, 5) is 0. The fourth-order valence-electron chi connectivity index (χ4n) is 3.88. The van der Waals surface area contributed by atoms with Crippen LogP contribution in [0, 0.1) is 0 Å². The van der Waals surface area contributed by atoms with Crippen LogP contribution in [0.3, 0.4) is 0 Å². The molecule has 2 nitrogen and oxygen atoms in total. The van der Waals surface area contributed by atoms with Gasteiger partial charge in [-0.2, -0.15) is 0 Å². The third kappa shape index (κ3) is 2.62. The van der Waals surface area contributed by atoms with Gasteiger partial charge in [0.25, 0.3) is 0 Å². The Kier molecular flexibility index (Phi) is 3.89. The van der Waals surface area contributed by atoms with E-state index in [0.717, 1.165) is 12.8 Å². The summed E-state index contributed by atoms with van der Waals surface area (Å²) in [6.07, 6.45) is 9.37. The SMILES string of the molecule is Cn1cc(CCCCc2cn(C)c3ccccc23)c2ccccc21. The Morgan fingerprint density at radius 2 is 1.04 bits per heavy atom. The minimum atomic E-state index is 1.16. The molecule has 0 bridgehead atoms. The van der Waals surface area contributed by atoms with Crippen molar-refractivity contribution in [2.75, 3.05) is 0 Å². The van der Waals surface area contributed by atoms with E-state index in [4.69, 9.17) is 0 Å². The van der Waals surface area contributed by atoms with Crippen molar-refractivity contribution in [1.29, 1.82) is 0 Å². The minimum absolute atomic E-state index is 1.16. The van der Waals surface area contributed by atoms with Crippen molar-refractivity contribution in [3.8, 4) is 0 Å². The number of aryl methyl sites for hydroxylation is 4. The van der Waals surface area contributed by atoms with Crippen molar-refractivity contribution in [3.63, 3.8) is 0 Å². The zero-order valence-corrected chi connectivity index (χ0v) is 14.5. The highest BCUT2D eigenvalue weighted by atomic mass is 14.9. The monoisotopic (exact) mass is 316 g/mol. The van der Waals surface area contributed by atoms with E-state index in [1.165, 1.54) is 45.8 Å². The first kappa shape index (κ1) is 15.1. The lowest BCUT2D eigenvalue weighted by atomic mass is 10.0. The van der Waals surface area contributed by atoms with E-state index in [-0.39, 0.29) is 0 Å². The van der Waals surface area contributed by atoms with Crippen molar-refractivity contribution in [1.82, 2.24) is 9.13 Å². The molecule has 0 spiro atoms. The molecule has 2 heterocycles. The summed E-state index contributed by atoms with van der Waals surface area (Å²) in [5, 5.41) is 2.82. The quantitative estimate of drug-likeness (QED) is 0.446. The summed E-state index contributed by atoms with van der Waals surface area (Å²) in [7, 11) is 4.28. The average molecular weight is 316 g/mol. The molecule has 2 aromatic heterocycles. The van der Waals surface area contributed by atoms with Gasteiger partial charge in [-0.1, -0.05) is 36.4 Å². The second kappa shape index (κ2) is 6.20. The van der Waals surface area contributed by atoms with Crippen molar-refractivity contribution in [2.45, 2.75) is 25.7 Å². The molecule has 2 heteroatoms. The van der Waals surface area contributed by atoms with E-state index >= 15 is 0 Å². The van der Waals surface area contributed by atoms with Gasteiger partial charge in [-0.3, -0.25) is 0 Å². The van der Waals surface area contributed by atoms with E-state index in [1.54, 1.807) is 0 Å². The lowest BCUT2D eigenvalue weighted by Crippen LogP contribution is -1.88. The molecule has 2 aromatic carbocycles. The first-order chi connectivity index (χ1) is 11.7. The van der Waals surface area contributed by atoms with Gasteiger partial charge in [0.2, 0.25) is 0 Å². The van der Waals surface area contributed by atoms with Crippen LogP contribution in [0.2, 0.25) is 0 Å². The first-order valence-electron chi connectivity index (χ1n) is 8.80.